The van der Waals surface area contributed by atoms with Crippen molar-refractivity contribution in [3.05, 3.63) is 47.3 Å². The number of pyridine rings is 1. The van der Waals surface area contributed by atoms with E-state index in [0.29, 0.717) is 19.0 Å². The first-order valence-corrected chi connectivity index (χ1v) is 7.27. The van der Waals surface area contributed by atoms with E-state index in [2.05, 4.69) is 15.0 Å². The number of rotatable bonds is 1. The van der Waals surface area contributed by atoms with Crippen LogP contribution < -0.4 is 0 Å². The Morgan fingerprint density at radius 1 is 1.32 bits per heavy atom. The number of carbonyl (C=O) groups excluding carboxylic acids is 1. The van der Waals surface area contributed by atoms with E-state index in [9.17, 15) is 13.6 Å². The van der Waals surface area contributed by atoms with E-state index in [1.165, 1.54) is 0 Å². The van der Waals surface area contributed by atoms with E-state index in [1.54, 1.807) is 11.2 Å². The average molecular weight is 304 g/mol. The van der Waals surface area contributed by atoms with Crippen LogP contribution in [0.25, 0.3) is 0 Å². The van der Waals surface area contributed by atoms with Gasteiger partial charge in [0, 0.05) is 24.7 Å². The third kappa shape index (κ3) is 1.71. The third-order valence-electron chi connectivity index (χ3n) is 4.70. The van der Waals surface area contributed by atoms with Gasteiger partial charge in [0.2, 0.25) is 0 Å². The number of amides is 1. The number of aromatic amines is 1. The van der Waals surface area contributed by atoms with Gasteiger partial charge in [-0.05, 0) is 19.3 Å². The van der Waals surface area contributed by atoms with Crippen LogP contribution in [0.4, 0.5) is 8.78 Å². The van der Waals surface area contributed by atoms with Crippen LogP contribution in [0.5, 0.6) is 0 Å². The Labute approximate surface area is 125 Å². The molecule has 114 valence electrons. The fraction of sp³-hybridized carbons (Fsp3) is 0.400. The lowest BCUT2D eigenvalue weighted by Gasteiger charge is -2.51. The first kappa shape index (κ1) is 13.4. The van der Waals surface area contributed by atoms with Gasteiger partial charge in [0.1, 0.15) is 5.82 Å². The molecule has 0 aromatic carbocycles. The average Bonchev–Trinajstić information content (AvgIpc) is 2.92. The molecule has 1 N–H and O–H groups in total. The highest BCUT2D eigenvalue weighted by Gasteiger charge is 2.51. The molecule has 1 aliphatic carbocycles. The first-order chi connectivity index (χ1) is 10.6. The number of nitrogens with one attached hydrogen (secondary N) is 1. The maximum atomic E-state index is 13.9. The van der Waals surface area contributed by atoms with Crippen LogP contribution in [-0.2, 0) is 12.0 Å². The lowest BCUT2D eigenvalue weighted by Crippen LogP contribution is -2.57. The molecule has 0 saturated heterocycles. The van der Waals surface area contributed by atoms with E-state index in [1.807, 2.05) is 0 Å². The van der Waals surface area contributed by atoms with E-state index >= 15 is 0 Å². The summed E-state index contributed by atoms with van der Waals surface area (Å²) in [5.74, 6) is -2.21. The molecule has 2 aliphatic rings. The molecule has 22 heavy (non-hydrogen) atoms. The molecule has 0 radical (unpaired) electrons. The Hall–Kier alpha value is -2.31. The molecule has 2 aromatic rings. The van der Waals surface area contributed by atoms with Crippen LogP contribution in [0.3, 0.4) is 0 Å². The van der Waals surface area contributed by atoms with Crippen molar-refractivity contribution in [2.24, 2.45) is 0 Å². The van der Waals surface area contributed by atoms with Crippen LogP contribution >= 0.6 is 0 Å². The molecule has 4 rings (SSSR count). The summed E-state index contributed by atoms with van der Waals surface area (Å²) >= 11 is 0. The van der Waals surface area contributed by atoms with Gasteiger partial charge in [-0.25, -0.2) is 18.7 Å². The maximum absolute atomic E-state index is 13.9. The summed E-state index contributed by atoms with van der Waals surface area (Å²) in [6.45, 7) is 0.479. The van der Waals surface area contributed by atoms with Gasteiger partial charge in [0.05, 0.1) is 23.8 Å². The molecular weight excluding hydrogens is 290 g/mol. The zero-order chi connectivity index (χ0) is 15.3. The first-order valence-electron chi connectivity index (χ1n) is 7.27. The summed E-state index contributed by atoms with van der Waals surface area (Å²) < 4.78 is 26.9. The van der Waals surface area contributed by atoms with Crippen LogP contribution in [0.2, 0.25) is 0 Å². The quantitative estimate of drug-likeness (QED) is 0.878. The SMILES string of the molecule is O=C(c1ncc(F)cc1F)N1CCc2[nH]cnc2C12CCC2. The number of imidazole rings is 1. The fourth-order valence-electron chi connectivity index (χ4n) is 3.49. The zero-order valence-corrected chi connectivity index (χ0v) is 11.8. The number of hydrogen-bond acceptors (Lipinski definition) is 3. The Balaban J connectivity index is 1.75. The summed E-state index contributed by atoms with van der Waals surface area (Å²) in [6, 6.07) is 0.692. The van der Waals surface area contributed by atoms with E-state index in [-0.39, 0.29) is 5.69 Å². The minimum absolute atomic E-state index is 0.327. The monoisotopic (exact) mass is 304 g/mol. The Kier molecular flexibility index (Phi) is 2.79. The molecule has 1 fully saturated rings. The summed E-state index contributed by atoms with van der Waals surface area (Å²) in [7, 11) is 0. The largest absolute Gasteiger partial charge is 0.348 e. The van der Waals surface area contributed by atoms with Gasteiger partial charge in [-0.1, -0.05) is 0 Å². The maximum Gasteiger partial charge on any atom is 0.276 e. The second-order valence-corrected chi connectivity index (χ2v) is 5.81. The zero-order valence-electron chi connectivity index (χ0n) is 11.8. The molecular formula is C15H14F2N4O. The molecule has 3 heterocycles. The summed E-state index contributed by atoms with van der Waals surface area (Å²) in [5.41, 5.74) is 1.12. The molecule has 0 bridgehead atoms. The molecule has 0 atom stereocenters. The van der Waals surface area contributed by atoms with Gasteiger partial charge in [-0.3, -0.25) is 4.79 Å². The van der Waals surface area contributed by atoms with Gasteiger partial charge in [-0.2, -0.15) is 0 Å². The van der Waals surface area contributed by atoms with E-state index in [4.69, 9.17) is 0 Å². The van der Waals surface area contributed by atoms with Crippen molar-refractivity contribution in [3.8, 4) is 0 Å². The molecule has 2 aromatic heterocycles. The summed E-state index contributed by atoms with van der Waals surface area (Å²) in [5, 5.41) is 0. The molecule has 1 spiro atoms. The fourth-order valence-corrected chi connectivity index (χ4v) is 3.49. The Morgan fingerprint density at radius 3 is 2.82 bits per heavy atom. The molecule has 5 nitrogen and oxygen atoms in total. The molecule has 1 saturated carbocycles. The van der Waals surface area contributed by atoms with Gasteiger partial charge in [0.25, 0.3) is 5.91 Å². The number of H-pyrrole nitrogens is 1. The number of carbonyl (C=O) groups is 1. The van der Waals surface area contributed by atoms with Crippen LogP contribution in [0.15, 0.2) is 18.6 Å². The van der Waals surface area contributed by atoms with E-state index < -0.39 is 23.1 Å². The second kappa shape index (κ2) is 4.59. The van der Waals surface area contributed by atoms with Crippen molar-refractivity contribution in [2.75, 3.05) is 6.54 Å². The van der Waals surface area contributed by atoms with Crippen molar-refractivity contribution >= 4 is 5.91 Å². The topological polar surface area (TPSA) is 61.9 Å². The predicted octanol–water partition coefficient (Wildman–Crippen LogP) is 2.16. The third-order valence-corrected chi connectivity index (χ3v) is 4.70. The number of fused-ring (bicyclic) bond motifs is 2. The van der Waals surface area contributed by atoms with Crippen molar-refractivity contribution in [2.45, 2.75) is 31.2 Å². The minimum atomic E-state index is -0.924. The Bertz CT molecular complexity index is 754. The standard InChI is InChI=1S/C15H14F2N4O/c16-9-6-10(17)12(18-7-9)14(22)21-5-2-11-13(20-8-19-11)15(21)3-1-4-15/h6-8H,1-5H2,(H,19,20). The van der Waals surface area contributed by atoms with Gasteiger partial charge < -0.3 is 9.88 Å². The number of halogens is 2. The minimum Gasteiger partial charge on any atom is -0.348 e. The van der Waals surface area contributed by atoms with E-state index in [0.717, 1.165) is 36.8 Å². The molecule has 1 aliphatic heterocycles. The van der Waals surface area contributed by atoms with Gasteiger partial charge in [-0.15, -0.1) is 0 Å². The van der Waals surface area contributed by atoms with Crippen molar-refractivity contribution < 1.29 is 13.6 Å². The highest BCUT2D eigenvalue weighted by Crippen LogP contribution is 2.49. The number of hydrogen-bond donors (Lipinski definition) is 1. The van der Waals surface area contributed by atoms with Crippen LogP contribution in [0, 0.1) is 11.6 Å². The van der Waals surface area contributed by atoms with Crippen molar-refractivity contribution in [1.82, 2.24) is 19.9 Å². The molecule has 7 heteroatoms. The lowest BCUT2D eigenvalue weighted by molar-refractivity contribution is 0.00370. The van der Waals surface area contributed by atoms with Gasteiger partial charge >= 0.3 is 0 Å². The smallest absolute Gasteiger partial charge is 0.276 e. The highest BCUT2D eigenvalue weighted by atomic mass is 19.1. The molecule has 0 unspecified atom stereocenters. The van der Waals surface area contributed by atoms with Crippen LogP contribution in [-0.4, -0.2) is 32.3 Å². The van der Waals surface area contributed by atoms with Gasteiger partial charge in [0.15, 0.2) is 11.5 Å². The molecule has 1 amide bonds. The summed E-state index contributed by atoms with van der Waals surface area (Å²) in [4.78, 5) is 25.5. The van der Waals surface area contributed by atoms with Crippen molar-refractivity contribution in [1.29, 1.82) is 0 Å². The van der Waals surface area contributed by atoms with Crippen molar-refractivity contribution in [3.63, 3.8) is 0 Å². The predicted molar refractivity (Wildman–Crippen MR) is 73.0 cm³/mol. The number of nitrogens with zero attached hydrogens (tertiary/aromatic N) is 3. The second-order valence-electron chi connectivity index (χ2n) is 5.81. The van der Waals surface area contributed by atoms with Crippen LogP contribution in [0.1, 0.15) is 41.1 Å². The summed E-state index contributed by atoms with van der Waals surface area (Å²) in [6.07, 6.45) is 5.75. The number of aromatic nitrogens is 3. The normalized spacial score (nSPS) is 18.9. The highest BCUT2D eigenvalue weighted by molar-refractivity contribution is 5.93. The lowest BCUT2D eigenvalue weighted by atomic mass is 9.70. The Morgan fingerprint density at radius 2 is 2.14 bits per heavy atom.